The van der Waals surface area contributed by atoms with E-state index >= 15 is 0 Å². The average molecular weight is 248 g/mol. The normalized spacial score (nSPS) is 10.2. The van der Waals surface area contributed by atoms with Gasteiger partial charge in [0.05, 0.1) is 12.7 Å². The molecule has 0 fully saturated rings. The topological polar surface area (TPSA) is 26.3 Å². The first-order valence-electron chi connectivity index (χ1n) is 5.25. The second kappa shape index (κ2) is 4.96. The van der Waals surface area contributed by atoms with Crippen LogP contribution in [0, 0.1) is 11.6 Å². The Morgan fingerprint density at radius 1 is 1.06 bits per heavy atom. The van der Waals surface area contributed by atoms with Gasteiger partial charge in [-0.25, -0.2) is 8.78 Å². The second-order valence-corrected chi connectivity index (χ2v) is 3.67. The highest BCUT2D eigenvalue weighted by Gasteiger charge is 2.14. The summed E-state index contributed by atoms with van der Waals surface area (Å²) in [6.45, 7) is 0. The molecule has 0 unspecified atom stereocenters. The summed E-state index contributed by atoms with van der Waals surface area (Å²) in [5.41, 5.74) is 0.181. The van der Waals surface area contributed by atoms with Gasteiger partial charge in [-0.15, -0.1) is 0 Å². The van der Waals surface area contributed by atoms with Crippen LogP contribution in [-0.2, 0) is 0 Å². The summed E-state index contributed by atoms with van der Waals surface area (Å²) < 4.78 is 32.1. The molecule has 0 radical (unpaired) electrons. The van der Waals surface area contributed by atoms with Gasteiger partial charge in [0.15, 0.2) is 6.29 Å². The highest BCUT2D eigenvalue weighted by molar-refractivity contribution is 5.80. The van der Waals surface area contributed by atoms with E-state index in [0.29, 0.717) is 11.3 Å². The summed E-state index contributed by atoms with van der Waals surface area (Å²) in [5.74, 6) is -1.08. The van der Waals surface area contributed by atoms with Crippen LogP contribution in [-0.4, -0.2) is 13.4 Å². The molecule has 0 spiro atoms. The van der Waals surface area contributed by atoms with Crippen LogP contribution in [0.3, 0.4) is 0 Å². The van der Waals surface area contributed by atoms with Gasteiger partial charge in [0.2, 0.25) is 0 Å². The van der Waals surface area contributed by atoms with Crippen LogP contribution < -0.4 is 4.74 Å². The summed E-state index contributed by atoms with van der Waals surface area (Å²) in [5, 5.41) is 0. The minimum Gasteiger partial charge on any atom is -0.497 e. The number of halogens is 2. The Balaban J connectivity index is 2.53. The smallest absolute Gasteiger partial charge is 0.155 e. The predicted octanol–water partition coefficient (Wildman–Crippen LogP) is 3.45. The first-order valence-corrected chi connectivity index (χ1v) is 5.25. The lowest BCUT2D eigenvalue weighted by Crippen LogP contribution is -1.96. The predicted molar refractivity (Wildman–Crippen MR) is 63.7 cm³/mol. The van der Waals surface area contributed by atoms with Crippen molar-refractivity contribution in [1.29, 1.82) is 0 Å². The number of benzene rings is 2. The minimum absolute atomic E-state index is 0.178. The fraction of sp³-hybridized carbons (Fsp3) is 0.0714. The molecule has 4 heteroatoms. The molecule has 0 saturated heterocycles. The molecule has 0 heterocycles. The molecule has 0 aliphatic rings. The van der Waals surface area contributed by atoms with Gasteiger partial charge in [-0.3, -0.25) is 4.79 Å². The van der Waals surface area contributed by atoms with Crippen LogP contribution >= 0.6 is 0 Å². The Morgan fingerprint density at radius 2 is 1.72 bits per heavy atom. The zero-order chi connectivity index (χ0) is 13.1. The molecule has 18 heavy (non-hydrogen) atoms. The van der Waals surface area contributed by atoms with Gasteiger partial charge in [0.25, 0.3) is 0 Å². The number of carbonyl (C=O) groups is 1. The third-order valence-corrected chi connectivity index (χ3v) is 2.65. The van der Waals surface area contributed by atoms with E-state index in [0.717, 1.165) is 6.07 Å². The van der Waals surface area contributed by atoms with E-state index in [-0.39, 0.29) is 11.8 Å². The van der Waals surface area contributed by atoms with Crippen molar-refractivity contribution in [1.82, 2.24) is 0 Å². The highest BCUT2D eigenvalue weighted by atomic mass is 19.1. The van der Waals surface area contributed by atoms with Gasteiger partial charge in [-0.05, 0) is 29.8 Å². The van der Waals surface area contributed by atoms with Crippen molar-refractivity contribution in [3.63, 3.8) is 0 Å². The third-order valence-electron chi connectivity index (χ3n) is 2.65. The molecule has 0 atom stereocenters. The van der Waals surface area contributed by atoms with Crippen molar-refractivity contribution in [3.05, 3.63) is 53.6 Å². The zero-order valence-corrected chi connectivity index (χ0v) is 9.61. The Labute approximate surface area is 103 Å². The number of aldehydes is 1. The summed E-state index contributed by atoms with van der Waals surface area (Å²) >= 11 is 0. The van der Waals surface area contributed by atoms with Crippen LogP contribution in [0.15, 0.2) is 36.4 Å². The molecule has 0 N–H and O–H groups in total. The van der Waals surface area contributed by atoms with Crippen LogP contribution in [0.4, 0.5) is 8.78 Å². The summed E-state index contributed by atoms with van der Waals surface area (Å²) in [4.78, 5) is 10.6. The zero-order valence-electron chi connectivity index (χ0n) is 9.61. The quantitative estimate of drug-likeness (QED) is 0.777. The van der Waals surface area contributed by atoms with Gasteiger partial charge in [-0.1, -0.05) is 12.1 Å². The van der Waals surface area contributed by atoms with Gasteiger partial charge in [-0.2, -0.15) is 0 Å². The number of ether oxygens (including phenoxy) is 1. The third kappa shape index (κ3) is 2.09. The fourth-order valence-electron chi connectivity index (χ4n) is 1.67. The number of hydrogen-bond acceptors (Lipinski definition) is 2. The largest absolute Gasteiger partial charge is 0.497 e. The average Bonchev–Trinajstić information content (AvgIpc) is 2.40. The van der Waals surface area contributed by atoms with E-state index in [1.807, 2.05) is 0 Å². The van der Waals surface area contributed by atoms with E-state index in [4.69, 9.17) is 4.74 Å². The Kier molecular flexibility index (Phi) is 3.37. The lowest BCUT2D eigenvalue weighted by Gasteiger charge is -2.07. The SMILES string of the molecule is COc1ccc(-c2ccc(F)c(C=O)c2F)cc1. The number of rotatable bonds is 3. The van der Waals surface area contributed by atoms with Crippen molar-refractivity contribution in [2.45, 2.75) is 0 Å². The van der Waals surface area contributed by atoms with Gasteiger partial charge in [0.1, 0.15) is 17.4 Å². The van der Waals surface area contributed by atoms with Crippen molar-refractivity contribution in [2.24, 2.45) is 0 Å². The molecule has 0 aliphatic carbocycles. The molecule has 2 aromatic carbocycles. The first-order chi connectivity index (χ1) is 8.67. The molecule has 0 aliphatic heterocycles. The molecule has 0 amide bonds. The highest BCUT2D eigenvalue weighted by Crippen LogP contribution is 2.27. The maximum absolute atomic E-state index is 13.9. The van der Waals surface area contributed by atoms with E-state index in [1.165, 1.54) is 13.2 Å². The molecule has 92 valence electrons. The van der Waals surface area contributed by atoms with E-state index in [1.54, 1.807) is 24.3 Å². The molecular formula is C14H10F2O2. The van der Waals surface area contributed by atoms with Crippen LogP contribution in [0.25, 0.3) is 11.1 Å². The molecule has 0 bridgehead atoms. The first kappa shape index (κ1) is 12.2. The maximum Gasteiger partial charge on any atom is 0.155 e. The Bertz CT molecular complexity index is 577. The molecule has 2 aromatic rings. The molecule has 0 saturated carbocycles. The van der Waals surface area contributed by atoms with Gasteiger partial charge < -0.3 is 4.74 Å². The van der Waals surface area contributed by atoms with Crippen LogP contribution in [0.5, 0.6) is 5.75 Å². The monoisotopic (exact) mass is 248 g/mol. The summed E-state index contributed by atoms with van der Waals surface area (Å²) in [7, 11) is 1.53. The van der Waals surface area contributed by atoms with E-state index < -0.39 is 17.2 Å². The lowest BCUT2D eigenvalue weighted by atomic mass is 10.0. The fourth-order valence-corrected chi connectivity index (χ4v) is 1.67. The summed E-state index contributed by atoms with van der Waals surface area (Å²) in [6.07, 6.45) is 0.178. The standard InChI is InChI=1S/C14H10F2O2/c1-18-10-4-2-9(3-5-10)11-6-7-13(15)12(8-17)14(11)16/h2-8H,1H3. The number of methoxy groups -OCH3 is 1. The molecule has 2 nitrogen and oxygen atoms in total. The van der Waals surface area contributed by atoms with Gasteiger partial charge >= 0.3 is 0 Å². The second-order valence-electron chi connectivity index (χ2n) is 3.67. The Morgan fingerprint density at radius 3 is 2.28 bits per heavy atom. The van der Waals surface area contributed by atoms with Crippen LogP contribution in [0.1, 0.15) is 10.4 Å². The summed E-state index contributed by atoms with van der Waals surface area (Å²) in [6, 6.07) is 9.00. The minimum atomic E-state index is -0.861. The van der Waals surface area contributed by atoms with Crippen molar-refractivity contribution < 1.29 is 18.3 Å². The molecule has 0 aromatic heterocycles. The van der Waals surface area contributed by atoms with E-state index in [2.05, 4.69) is 0 Å². The van der Waals surface area contributed by atoms with Crippen molar-refractivity contribution in [3.8, 4) is 16.9 Å². The molecular weight excluding hydrogens is 238 g/mol. The van der Waals surface area contributed by atoms with Crippen molar-refractivity contribution in [2.75, 3.05) is 7.11 Å². The van der Waals surface area contributed by atoms with Crippen molar-refractivity contribution >= 4 is 6.29 Å². The maximum atomic E-state index is 13.9. The lowest BCUT2D eigenvalue weighted by molar-refractivity contribution is 0.111. The molecule has 2 rings (SSSR count). The number of carbonyl (C=O) groups excluding carboxylic acids is 1. The number of hydrogen-bond donors (Lipinski definition) is 0. The van der Waals surface area contributed by atoms with E-state index in [9.17, 15) is 13.6 Å². The van der Waals surface area contributed by atoms with Crippen LogP contribution in [0.2, 0.25) is 0 Å². The van der Waals surface area contributed by atoms with Gasteiger partial charge in [0, 0.05) is 5.56 Å². The Hall–Kier alpha value is -2.23.